The SMILES string of the molecule is CCC.CN=C1C=CC(C)=CC1=NC. The zero-order valence-corrected chi connectivity index (χ0v) is 9.83. The standard InChI is InChI=1S/C9H12N2.C3H8/c1-7-4-5-8(10-2)9(6-7)11-3;1-3-2/h4-6H,1-3H3;3H2,1-2H3. The van der Waals surface area contributed by atoms with Gasteiger partial charge in [0.25, 0.3) is 0 Å². The molecule has 0 amide bonds. The molecule has 1 aliphatic rings. The van der Waals surface area contributed by atoms with Gasteiger partial charge in [0.05, 0.1) is 11.4 Å². The average molecular weight is 192 g/mol. The summed E-state index contributed by atoms with van der Waals surface area (Å²) >= 11 is 0. The second-order valence-electron chi connectivity index (χ2n) is 3.15. The molecule has 0 atom stereocenters. The highest BCUT2D eigenvalue weighted by molar-refractivity contribution is 6.51. The highest BCUT2D eigenvalue weighted by Crippen LogP contribution is 2.05. The first kappa shape index (κ1) is 12.8. The predicted octanol–water partition coefficient (Wildman–Crippen LogP) is 3.06. The molecule has 0 saturated carbocycles. The number of allylic oxidation sites excluding steroid dienone is 4. The van der Waals surface area contributed by atoms with Crippen LogP contribution in [0.2, 0.25) is 0 Å². The van der Waals surface area contributed by atoms with Crippen LogP contribution in [-0.4, -0.2) is 25.5 Å². The van der Waals surface area contributed by atoms with Gasteiger partial charge in [-0.3, -0.25) is 9.98 Å². The van der Waals surface area contributed by atoms with Gasteiger partial charge in [-0.1, -0.05) is 26.3 Å². The van der Waals surface area contributed by atoms with Crippen molar-refractivity contribution in [3.05, 3.63) is 23.8 Å². The van der Waals surface area contributed by atoms with Crippen molar-refractivity contribution < 1.29 is 0 Å². The number of nitrogens with zero attached hydrogens (tertiary/aromatic N) is 2. The minimum Gasteiger partial charge on any atom is -0.286 e. The van der Waals surface area contributed by atoms with Crippen molar-refractivity contribution in [2.45, 2.75) is 27.2 Å². The molecule has 1 aliphatic carbocycles. The van der Waals surface area contributed by atoms with E-state index < -0.39 is 0 Å². The summed E-state index contributed by atoms with van der Waals surface area (Å²) in [5.74, 6) is 0. The van der Waals surface area contributed by atoms with Crippen molar-refractivity contribution in [2.75, 3.05) is 14.1 Å². The first-order valence-corrected chi connectivity index (χ1v) is 4.99. The van der Waals surface area contributed by atoms with E-state index in [1.54, 1.807) is 14.1 Å². The van der Waals surface area contributed by atoms with Crippen molar-refractivity contribution in [2.24, 2.45) is 9.98 Å². The van der Waals surface area contributed by atoms with Crippen LogP contribution in [0.3, 0.4) is 0 Å². The lowest BCUT2D eigenvalue weighted by molar-refractivity contribution is 1.09. The summed E-state index contributed by atoms with van der Waals surface area (Å²) in [6, 6.07) is 0. The van der Waals surface area contributed by atoms with Crippen molar-refractivity contribution in [1.29, 1.82) is 0 Å². The lowest BCUT2D eigenvalue weighted by atomic mass is 10.1. The third-order valence-electron chi connectivity index (χ3n) is 1.61. The van der Waals surface area contributed by atoms with Gasteiger partial charge >= 0.3 is 0 Å². The predicted molar refractivity (Wildman–Crippen MR) is 65.6 cm³/mol. The van der Waals surface area contributed by atoms with E-state index in [9.17, 15) is 0 Å². The molecule has 0 heterocycles. The second-order valence-corrected chi connectivity index (χ2v) is 3.15. The summed E-state index contributed by atoms with van der Waals surface area (Å²) in [7, 11) is 3.56. The van der Waals surface area contributed by atoms with Crippen molar-refractivity contribution in [3.8, 4) is 0 Å². The molecule has 0 aromatic carbocycles. The van der Waals surface area contributed by atoms with Gasteiger partial charge in [0.1, 0.15) is 0 Å². The molecule has 2 nitrogen and oxygen atoms in total. The number of aliphatic imine (C=N–C) groups is 2. The van der Waals surface area contributed by atoms with E-state index in [-0.39, 0.29) is 0 Å². The van der Waals surface area contributed by atoms with Crippen LogP contribution in [0.25, 0.3) is 0 Å². The fourth-order valence-electron chi connectivity index (χ4n) is 1.00. The Morgan fingerprint density at radius 3 is 1.93 bits per heavy atom. The Morgan fingerprint density at radius 1 is 1.00 bits per heavy atom. The summed E-state index contributed by atoms with van der Waals surface area (Å²) in [5.41, 5.74) is 3.14. The van der Waals surface area contributed by atoms with E-state index in [1.807, 2.05) is 25.2 Å². The molecule has 0 bridgehead atoms. The van der Waals surface area contributed by atoms with Gasteiger partial charge in [-0.2, -0.15) is 0 Å². The molecular formula is C12H20N2. The first-order valence-electron chi connectivity index (χ1n) is 4.99. The highest BCUT2D eigenvalue weighted by Gasteiger charge is 2.04. The van der Waals surface area contributed by atoms with Crippen LogP contribution in [0, 0.1) is 0 Å². The van der Waals surface area contributed by atoms with Gasteiger partial charge in [-0.05, 0) is 24.6 Å². The van der Waals surface area contributed by atoms with Gasteiger partial charge in [0.15, 0.2) is 0 Å². The van der Waals surface area contributed by atoms with Gasteiger partial charge in [-0.15, -0.1) is 0 Å². The maximum absolute atomic E-state index is 4.11. The molecule has 14 heavy (non-hydrogen) atoms. The van der Waals surface area contributed by atoms with Gasteiger partial charge in [0, 0.05) is 14.1 Å². The maximum Gasteiger partial charge on any atom is 0.0825 e. The van der Waals surface area contributed by atoms with Crippen LogP contribution < -0.4 is 0 Å². The Hall–Kier alpha value is -1.18. The smallest absolute Gasteiger partial charge is 0.0825 e. The summed E-state index contributed by atoms with van der Waals surface area (Å²) in [5, 5.41) is 0. The fourth-order valence-corrected chi connectivity index (χ4v) is 1.00. The van der Waals surface area contributed by atoms with E-state index in [4.69, 9.17) is 0 Å². The summed E-state index contributed by atoms with van der Waals surface area (Å²) in [4.78, 5) is 8.20. The van der Waals surface area contributed by atoms with E-state index in [1.165, 1.54) is 12.0 Å². The number of hydrogen-bond acceptors (Lipinski definition) is 2. The average Bonchev–Trinajstić information content (AvgIpc) is 2.19. The highest BCUT2D eigenvalue weighted by atomic mass is 14.8. The first-order chi connectivity index (χ1) is 6.69. The van der Waals surface area contributed by atoms with Crippen LogP contribution in [0.15, 0.2) is 33.8 Å². The van der Waals surface area contributed by atoms with E-state index >= 15 is 0 Å². The van der Waals surface area contributed by atoms with Gasteiger partial charge in [0.2, 0.25) is 0 Å². The Kier molecular flexibility index (Phi) is 6.63. The van der Waals surface area contributed by atoms with Crippen molar-refractivity contribution in [3.63, 3.8) is 0 Å². The Balaban J connectivity index is 0.000000500. The molecule has 1 rings (SSSR count). The molecule has 0 unspecified atom stereocenters. The minimum atomic E-state index is 0.957. The Bertz CT molecular complexity index is 281. The summed E-state index contributed by atoms with van der Waals surface area (Å²) < 4.78 is 0. The second kappa shape index (κ2) is 7.25. The van der Waals surface area contributed by atoms with Crippen molar-refractivity contribution >= 4 is 11.4 Å². The number of rotatable bonds is 0. The van der Waals surface area contributed by atoms with Crippen LogP contribution >= 0.6 is 0 Å². The molecule has 0 aromatic heterocycles. The molecular weight excluding hydrogens is 172 g/mol. The zero-order chi connectivity index (χ0) is 11.0. The number of hydrogen-bond donors (Lipinski definition) is 0. The minimum absolute atomic E-state index is 0.957. The molecule has 0 saturated heterocycles. The molecule has 0 aliphatic heterocycles. The van der Waals surface area contributed by atoms with E-state index in [2.05, 4.69) is 23.8 Å². The molecule has 0 aromatic rings. The van der Waals surface area contributed by atoms with Gasteiger partial charge in [-0.25, -0.2) is 0 Å². The summed E-state index contributed by atoms with van der Waals surface area (Å²) in [6.45, 7) is 6.30. The largest absolute Gasteiger partial charge is 0.286 e. The lowest BCUT2D eigenvalue weighted by Gasteiger charge is -2.05. The zero-order valence-electron chi connectivity index (χ0n) is 9.83. The van der Waals surface area contributed by atoms with Crippen LogP contribution in [-0.2, 0) is 0 Å². The molecule has 0 spiro atoms. The van der Waals surface area contributed by atoms with Crippen molar-refractivity contribution in [1.82, 2.24) is 0 Å². The topological polar surface area (TPSA) is 24.7 Å². The molecule has 0 fully saturated rings. The Morgan fingerprint density at radius 2 is 1.50 bits per heavy atom. The third kappa shape index (κ3) is 4.17. The van der Waals surface area contributed by atoms with E-state index in [0.29, 0.717) is 0 Å². The van der Waals surface area contributed by atoms with E-state index in [0.717, 1.165) is 11.4 Å². The monoisotopic (exact) mass is 192 g/mol. The van der Waals surface area contributed by atoms with Crippen LogP contribution in [0.1, 0.15) is 27.2 Å². The summed E-state index contributed by atoms with van der Waals surface area (Å²) in [6.07, 6.45) is 7.30. The van der Waals surface area contributed by atoms with Crippen LogP contribution in [0.4, 0.5) is 0 Å². The normalized spacial score (nSPS) is 20.5. The lowest BCUT2D eigenvalue weighted by Crippen LogP contribution is -2.12. The maximum atomic E-state index is 4.11. The third-order valence-corrected chi connectivity index (χ3v) is 1.61. The molecule has 78 valence electrons. The quantitative estimate of drug-likeness (QED) is 0.527. The molecule has 0 radical (unpaired) electrons. The van der Waals surface area contributed by atoms with Crippen LogP contribution in [0.5, 0.6) is 0 Å². The Labute approximate surface area is 87.2 Å². The molecule has 2 heteroatoms. The molecule has 0 N–H and O–H groups in total. The fraction of sp³-hybridized carbons (Fsp3) is 0.500. The van der Waals surface area contributed by atoms with Gasteiger partial charge < -0.3 is 0 Å².